The number of rotatable bonds is 5. The lowest BCUT2D eigenvalue weighted by Gasteiger charge is -2.08. The van der Waals surface area contributed by atoms with Gasteiger partial charge in [-0.2, -0.15) is 0 Å². The van der Waals surface area contributed by atoms with Crippen LogP contribution in [-0.2, 0) is 0 Å². The molecule has 2 N–H and O–H groups in total. The van der Waals surface area contributed by atoms with Crippen LogP contribution in [0.2, 0.25) is 0 Å². The van der Waals surface area contributed by atoms with Gasteiger partial charge >= 0.3 is 0 Å². The summed E-state index contributed by atoms with van der Waals surface area (Å²) in [5.74, 6) is 1.29. The highest BCUT2D eigenvalue weighted by atomic mass is 16.7. The molecular weight excluding hydrogens is 206 g/mol. The predicted molar refractivity (Wildman–Crippen MR) is 60.0 cm³/mol. The zero-order valence-electron chi connectivity index (χ0n) is 8.74. The SMILES string of the molecule is Nc1ccnn1OCCOc1ccccc1. The largest absolute Gasteiger partial charge is 0.490 e. The van der Waals surface area contributed by atoms with Crippen LogP contribution in [0.25, 0.3) is 0 Å². The molecule has 0 spiro atoms. The minimum atomic E-state index is 0.390. The van der Waals surface area contributed by atoms with Crippen LogP contribution < -0.4 is 15.3 Å². The van der Waals surface area contributed by atoms with Crippen molar-refractivity contribution in [1.82, 2.24) is 9.94 Å². The molecule has 0 aliphatic rings. The maximum atomic E-state index is 5.57. The third-order valence-electron chi connectivity index (χ3n) is 1.95. The van der Waals surface area contributed by atoms with Crippen molar-refractivity contribution >= 4 is 5.82 Å². The Balaban J connectivity index is 1.72. The van der Waals surface area contributed by atoms with Gasteiger partial charge in [-0.3, -0.25) is 0 Å². The summed E-state index contributed by atoms with van der Waals surface area (Å²) in [7, 11) is 0. The second-order valence-corrected chi connectivity index (χ2v) is 3.12. The van der Waals surface area contributed by atoms with E-state index in [1.807, 2.05) is 30.3 Å². The standard InChI is InChI=1S/C11H13N3O2/c12-11-6-7-13-14(11)16-9-8-15-10-4-2-1-3-5-10/h1-7H,8-9,12H2. The van der Waals surface area contributed by atoms with Crippen molar-refractivity contribution in [2.45, 2.75) is 0 Å². The van der Waals surface area contributed by atoms with E-state index < -0.39 is 0 Å². The van der Waals surface area contributed by atoms with E-state index in [2.05, 4.69) is 5.10 Å². The van der Waals surface area contributed by atoms with Crippen molar-refractivity contribution in [1.29, 1.82) is 0 Å². The Morgan fingerprint density at radius 3 is 2.62 bits per heavy atom. The lowest BCUT2D eigenvalue weighted by Crippen LogP contribution is -2.20. The number of ether oxygens (including phenoxy) is 1. The van der Waals surface area contributed by atoms with Crippen molar-refractivity contribution in [3.63, 3.8) is 0 Å². The molecule has 0 aliphatic heterocycles. The van der Waals surface area contributed by atoms with Crippen LogP contribution in [0.3, 0.4) is 0 Å². The zero-order valence-corrected chi connectivity index (χ0v) is 8.74. The molecule has 2 rings (SSSR count). The second kappa shape index (κ2) is 5.06. The number of benzene rings is 1. The number of anilines is 1. The van der Waals surface area contributed by atoms with Gasteiger partial charge < -0.3 is 15.3 Å². The fourth-order valence-corrected chi connectivity index (χ4v) is 1.21. The van der Waals surface area contributed by atoms with Gasteiger partial charge in [0.25, 0.3) is 0 Å². The first kappa shape index (κ1) is 10.4. The summed E-state index contributed by atoms with van der Waals surface area (Å²) in [4.78, 5) is 6.53. The Morgan fingerprint density at radius 1 is 1.12 bits per heavy atom. The molecule has 0 bridgehead atoms. The van der Waals surface area contributed by atoms with Gasteiger partial charge in [0.15, 0.2) is 12.4 Å². The molecule has 1 aromatic carbocycles. The number of nitrogen functional groups attached to an aromatic ring is 1. The van der Waals surface area contributed by atoms with Gasteiger partial charge in [-0.05, 0) is 12.1 Å². The fraction of sp³-hybridized carbons (Fsp3) is 0.182. The molecule has 5 nitrogen and oxygen atoms in total. The first-order valence-electron chi connectivity index (χ1n) is 4.97. The van der Waals surface area contributed by atoms with Crippen LogP contribution in [0.1, 0.15) is 0 Å². The quantitative estimate of drug-likeness (QED) is 0.761. The Labute approximate surface area is 93.3 Å². The second-order valence-electron chi connectivity index (χ2n) is 3.12. The fourth-order valence-electron chi connectivity index (χ4n) is 1.21. The molecule has 0 saturated heterocycles. The molecule has 16 heavy (non-hydrogen) atoms. The summed E-state index contributed by atoms with van der Waals surface area (Å²) in [5, 5.41) is 3.87. The van der Waals surface area contributed by atoms with E-state index >= 15 is 0 Å². The molecule has 84 valence electrons. The lowest BCUT2D eigenvalue weighted by atomic mass is 10.3. The predicted octanol–water partition coefficient (Wildman–Crippen LogP) is 0.973. The van der Waals surface area contributed by atoms with E-state index in [4.69, 9.17) is 15.3 Å². The molecule has 1 heterocycles. The molecule has 5 heteroatoms. The number of aromatic nitrogens is 2. The van der Waals surface area contributed by atoms with E-state index in [-0.39, 0.29) is 0 Å². The monoisotopic (exact) mass is 219 g/mol. The van der Waals surface area contributed by atoms with Crippen molar-refractivity contribution < 1.29 is 9.57 Å². The Morgan fingerprint density at radius 2 is 1.94 bits per heavy atom. The van der Waals surface area contributed by atoms with Gasteiger partial charge in [0.1, 0.15) is 12.4 Å². The Kier molecular flexibility index (Phi) is 3.28. The average molecular weight is 219 g/mol. The summed E-state index contributed by atoms with van der Waals surface area (Å²) < 4.78 is 5.44. The topological polar surface area (TPSA) is 62.3 Å². The van der Waals surface area contributed by atoms with Gasteiger partial charge in [-0.15, -0.1) is 5.10 Å². The molecule has 0 amide bonds. The number of hydrogen-bond donors (Lipinski definition) is 1. The number of nitrogens with zero attached hydrogens (tertiary/aromatic N) is 2. The highest BCUT2D eigenvalue weighted by Gasteiger charge is 1.97. The number of hydrogen-bond acceptors (Lipinski definition) is 4. The van der Waals surface area contributed by atoms with Crippen molar-refractivity contribution in [3.05, 3.63) is 42.6 Å². The van der Waals surface area contributed by atoms with Gasteiger partial charge in [0.2, 0.25) is 0 Å². The summed E-state index contributed by atoms with van der Waals surface area (Å²) in [6.45, 7) is 0.837. The highest BCUT2D eigenvalue weighted by molar-refractivity contribution is 5.24. The van der Waals surface area contributed by atoms with Crippen LogP contribution >= 0.6 is 0 Å². The average Bonchev–Trinajstić information content (AvgIpc) is 2.72. The normalized spacial score (nSPS) is 10.0. The van der Waals surface area contributed by atoms with Gasteiger partial charge in [-0.1, -0.05) is 23.0 Å². The smallest absolute Gasteiger partial charge is 0.163 e. The van der Waals surface area contributed by atoms with Gasteiger partial charge in [0.05, 0.1) is 6.20 Å². The summed E-state index contributed by atoms with van der Waals surface area (Å²) in [6.07, 6.45) is 1.58. The van der Waals surface area contributed by atoms with Crippen molar-refractivity contribution in [2.75, 3.05) is 18.9 Å². The van der Waals surface area contributed by atoms with Crippen LogP contribution in [0.15, 0.2) is 42.6 Å². The van der Waals surface area contributed by atoms with Gasteiger partial charge in [0, 0.05) is 6.07 Å². The van der Waals surface area contributed by atoms with E-state index in [0.717, 1.165) is 5.75 Å². The molecule has 0 aliphatic carbocycles. The molecule has 0 radical (unpaired) electrons. The molecule has 2 aromatic rings. The van der Waals surface area contributed by atoms with Crippen LogP contribution in [0.5, 0.6) is 5.75 Å². The first-order valence-corrected chi connectivity index (χ1v) is 4.97. The third-order valence-corrected chi connectivity index (χ3v) is 1.95. The van der Waals surface area contributed by atoms with E-state index in [1.165, 1.54) is 4.85 Å². The lowest BCUT2D eigenvalue weighted by molar-refractivity contribution is 0.0637. The number of para-hydroxylation sites is 1. The molecular formula is C11H13N3O2. The van der Waals surface area contributed by atoms with Crippen molar-refractivity contribution in [3.8, 4) is 5.75 Å². The molecule has 0 unspecified atom stereocenters. The van der Waals surface area contributed by atoms with Crippen molar-refractivity contribution in [2.24, 2.45) is 0 Å². The Hall–Kier alpha value is -2.17. The maximum Gasteiger partial charge on any atom is 0.163 e. The highest BCUT2D eigenvalue weighted by Crippen LogP contribution is 2.07. The molecule has 0 fully saturated rings. The zero-order chi connectivity index (χ0) is 11.2. The summed E-state index contributed by atoms with van der Waals surface area (Å²) in [5.41, 5.74) is 5.57. The Bertz CT molecular complexity index is 428. The van der Waals surface area contributed by atoms with Gasteiger partial charge in [-0.25, -0.2) is 0 Å². The first-order chi connectivity index (χ1) is 7.86. The van der Waals surface area contributed by atoms with E-state index in [9.17, 15) is 0 Å². The number of nitrogens with two attached hydrogens (primary N) is 1. The third kappa shape index (κ3) is 2.66. The maximum absolute atomic E-state index is 5.57. The minimum Gasteiger partial charge on any atom is -0.490 e. The van der Waals surface area contributed by atoms with Crippen LogP contribution in [-0.4, -0.2) is 23.2 Å². The summed E-state index contributed by atoms with van der Waals surface area (Å²) in [6, 6.07) is 11.2. The summed E-state index contributed by atoms with van der Waals surface area (Å²) >= 11 is 0. The van der Waals surface area contributed by atoms with E-state index in [0.29, 0.717) is 19.0 Å². The molecule has 0 saturated carbocycles. The molecule has 0 atom stereocenters. The van der Waals surface area contributed by atoms with E-state index in [1.54, 1.807) is 12.3 Å². The minimum absolute atomic E-state index is 0.390. The molecule has 1 aromatic heterocycles. The van der Waals surface area contributed by atoms with Crippen LogP contribution in [0.4, 0.5) is 5.82 Å². The van der Waals surface area contributed by atoms with Crippen LogP contribution in [0, 0.1) is 0 Å².